The summed E-state index contributed by atoms with van der Waals surface area (Å²) in [5.41, 5.74) is 7.35. The number of nitrogens with zero attached hydrogens (tertiary/aromatic N) is 2. The van der Waals surface area contributed by atoms with E-state index in [1.165, 1.54) is 5.56 Å². The molecule has 0 bridgehead atoms. The molecule has 5 heteroatoms. The van der Waals surface area contributed by atoms with Gasteiger partial charge in [0.1, 0.15) is 5.60 Å². The second-order valence-electron chi connectivity index (χ2n) is 5.57. The first-order valence-electron chi connectivity index (χ1n) is 7.46. The first-order chi connectivity index (χ1) is 10.3. The molecule has 1 aliphatic carbocycles. The topological polar surface area (TPSA) is 74.2 Å². The minimum atomic E-state index is -0.364. The van der Waals surface area contributed by atoms with Gasteiger partial charge in [0, 0.05) is 12.7 Å². The zero-order valence-electron chi connectivity index (χ0n) is 12.3. The molecule has 1 heterocycles. The molecule has 1 saturated carbocycles. The molecule has 0 radical (unpaired) electrons. The van der Waals surface area contributed by atoms with Crippen LogP contribution in [0.25, 0.3) is 11.5 Å². The number of aromatic nitrogens is 2. The highest BCUT2D eigenvalue weighted by molar-refractivity contribution is 5.54. The van der Waals surface area contributed by atoms with Crippen LogP contribution in [-0.2, 0) is 16.8 Å². The van der Waals surface area contributed by atoms with Gasteiger partial charge in [-0.1, -0.05) is 17.3 Å². The van der Waals surface area contributed by atoms with Crippen molar-refractivity contribution in [2.24, 2.45) is 5.73 Å². The highest BCUT2D eigenvalue weighted by Crippen LogP contribution is 2.40. The SMILES string of the molecule is COC1(c2noc(-c3cccc(CCN)c3)n2)CCCC1. The number of benzene rings is 1. The zero-order valence-corrected chi connectivity index (χ0v) is 12.3. The highest BCUT2D eigenvalue weighted by Gasteiger charge is 2.40. The lowest BCUT2D eigenvalue weighted by atomic mass is 10.0. The monoisotopic (exact) mass is 287 g/mol. The van der Waals surface area contributed by atoms with Gasteiger partial charge in [0.05, 0.1) is 0 Å². The van der Waals surface area contributed by atoms with Gasteiger partial charge in [-0.15, -0.1) is 0 Å². The van der Waals surface area contributed by atoms with Crippen molar-refractivity contribution in [3.8, 4) is 11.5 Å². The number of ether oxygens (including phenoxy) is 1. The Balaban J connectivity index is 1.89. The lowest BCUT2D eigenvalue weighted by molar-refractivity contribution is -0.0178. The van der Waals surface area contributed by atoms with Crippen LogP contribution in [0.1, 0.15) is 37.1 Å². The third-order valence-electron chi connectivity index (χ3n) is 4.24. The molecule has 5 nitrogen and oxygen atoms in total. The molecule has 0 saturated heterocycles. The Morgan fingerprint density at radius 3 is 2.86 bits per heavy atom. The molecule has 2 aromatic rings. The lowest BCUT2D eigenvalue weighted by Gasteiger charge is -2.22. The zero-order chi connectivity index (χ0) is 14.7. The summed E-state index contributed by atoms with van der Waals surface area (Å²) in [6, 6.07) is 8.08. The summed E-state index contributed by atoms with van der Waals surface area (Å²) >= 11 is 0. The van der Waals surface area contributed by atoms with Crippen molar-refractivity contribution in [3.63, 3.8) is 0 Å². The molecule has 1 aromatic carbocycles. The summed E-state index contributed by atoms with van der Waals surface area (Å²) in [6.45, 7) is 0.630. The van der Waals surface area contributed by atoms with Crippen LogP contribution in [0.5, 0.6) is 0 Å². The van der Waals surface area contributed by atoms with Gasteiger partial charge in [-0.2, -0.15) is 4.98 Å². The molecule has 21 heavy (non-hydrogen) atoms. The van der Waals surface area contributed by atoms with Crippen molar-refractivity contribution in [1.82, 2.24) is 10.1 Å². The van der Waals surface area contributed by atoms with Gasteiger partial charge in [0.25, 0.3) is 5.89 Å². The molecular formula is C16H21N3O2. The van der Waals surface area contributed by atoms with E-state index in [0.29, 0.717) is 18.3 Å². The second-order valence-corrected chi connectivity index (χ2v) is 5.57. The van der Waals surface area contributed by atoms with Gasteiger partial charge in [-0.25, -0.2) is 0 Å². The number of hydrogen-bond acceptors (Lipinski definition) is 5. The molecule has 0 atom stereocenters. The Hall–Kier alpha value is -1.72. The fourth-order valence-electron chi connectivity index (χ4n) is 3.02. The summed E-state index contributed by atoms with van der Waals surface area (Å²) < 4.78 is 11.1. The molecule has 112 valence electrons. The Labute approximate surface area is 124 Å². The maximum atomic E-state index is 5.69. The normalized spacial score (nSPS) is 17.2. The first-order valence-corrected chi connectivity index (χ1v) is 7.46. The molecule has 3 rings (SSSR count). The average molecular weight is 287 g/mol. The second kappa shape index (κ2) is 5.95. The van der Waals surface area contributed by atoms with E-state index in [1.807, 2.05) is 12.1 Å². The summed E-state index contributed by atoms with van der Waals surface area (Å²) in [7, 11) is 1.73. The van der Waals surface area contributed by atoms with E-state index < -0.39 is 0 Å². The van der Waals surface area contributed by atoms with E-state index in [0.717, 1.165) is 37.7 Å². The third-order valence-corrected chi connectivity index (χ3v) is 4.24. The van der Waals surface area contributed by atoms with E-state index >= 15 is 0 Å². The highest BCUT2D eigenvalue weighted by atomic mass is 16.5. The molecule has 0 unspecified atom stereocenters. The van der Waals surface area contributed by atoms with E-state index in [9.17, 15) is 0 Å². The van der Waals surface area contributed by atoms with Gasteiger partial charge in [0.2, 0.25) is 5.82 Å². The van der Waals surface area contributed by atoms with Gasteiger partial charge in [-0.05, 0) is 56.3 Å². The fourth-order valence-corrected chi connectivity index (χ4v) is 3.02. The number of rotatable bonds is 5. The number of methoxy groups -OCH3 is 1. The summed E-state index contributed by atoms with van der Waals surface area (Å²) in [5, 5.41) is 4.16. The smallest absolute Gasteiger partial charge is 0.258 e. The Morgan fingerprint density at radius 2 is 2.14 bits per heavy atom. The van der Waals surface area contributed by atoms with Gasteiger partial charge in [-0.3, -0.25) is 0 Å². The maximum Gasteiger partial charge on any atom is 0.258 e. The standard InChI is InChI=1S/C16H21N3O2/c1-20-16(8-2-3-9-16)15-18-14(21-19-15)13-6-4-5-12(11-13)7-10-17/h4-6,11H,2-3,7-10,17H2,1H3. The van der Waals surface area contributed by atoms with Crippen LogP contribution in [0.2, 0.25) is 0 Å². The largest absolute Gasteiger partial charge is 0.370 e. The number of nitrogens with two attached hydrogens (primary N) is 1. The molecule has 1 aliphatic rings. The molecule has 0 amide bonds. The molecule has 0 aliphatic heterocycles. The van der Waals surface area contributed by atoms with E-state index in [2.05, 4.69) is 22.3 Å². The van der Waals surface area contributed by atoms with Crippen molar-refractivity contribution in [2.45, 2.75) is 37.7 Å². The number of hydrogen-bond donors (Lipinski definition) is 1. The molecule has 1 fully saturated rings. The predicted octanol–water partition coefficient (Wildman–Crippen LogP) is 2.65. The van der Waals surface area contributed by atoms with Crippen LogP contribution in [0.4, 0.5) is 0 Å². The third kappa shape index (κ3) is 2.71. The van der Waals surface area contributed by atoms with Crippen LogP contribution in [-0.4, -0.2) is 23.8 Å². The van der Waals surface area contributed by atoms with E-state index in [-0.39, 0.29) is 5.60 Å². The summed E-state index contributed by atoms with van der Waals surface area (Å²) in [5.74, 6) is 1.22. The molecule has 0 spiro atoms. The molecular weight excluding hydrogens is 266 g/mol. The van der Waals surface area contributed by atoms with Crippen LogP contribution in [0.3, 0.4) is 0 Å². The summed E-state index contributed by atoms with van der Waals surface area (Å²) in [6.07, 6.45) is 5.04. The van der Waals surface area contributed by atoms with Crippen LogP contribution < -0.4 is 5.73 Å². The van der Waals surface area contributed by atoms with Crippen molar-refractivity contribution >= 4 is 0 Å². The van der Waals surface area contributed by atoms with Crippen molar-refractivity contribution in [3.05, 3.63) is 35.7 Å². The summed E-state index contributed by atoms with van der Waals surface area (Å²) in [4.78, 5) is 4.57. The Kier molecular flexibility index (Phi) is 4.03. The van der Waals surface area contributed by atoms with Gasteiger partial charge >= 0.3 is 0 Å². The lowest BCUT2D eigenvalue weighted by Crippen LogP contribution is -2.25. The van der Waals surface area contributed by atoms with Crippen molar-refractivity contribution in [1.29, 1.82) is 0 Å². The quantitative estimate of drug-likeness (QED) is 0.915. The fraction of sp³-hybridized carbons (Fsp3) is 0.500. The minimum absolute atomic E-state index is 0.364. The predicted molar refractivity (Wildman–Crippen MR) is 79.6 cm³/mol. The Morgan fingerprint density at radius 1 is 1.33 bits per heavy atom. The van der Waals surface area contributed by atoms with Gasteiger partial charge < -0.3 is 15.0 Å². The van der Waals surface area contributed by atoms with Crippen LogP contribution in [0.15, 0.2) is 28.8 Å². The minimum Gasteiger partial charge on any atom is -0.370 e. The van der Waals surface area contributed by atoms with Crippen molar-refractivity contribution in [2.75, 3.05) is 13.7 Å². The van der Waals surface area contributed by atoms with Gasteiger partial charge in [0.15, 0.2) is 0 Å². The maximum absolute atomic E-state index is 5.69. The van der Waals surface area contributed by atoms with Crippen molar-refractivity contribution < 1.29 is 9.26 Å². The van der Waals surface area contributed by atoms with E-state index in [1.54, 1.807) is 7.11 Å². The average Bonchev–Trinajstić information content (AvgIpc) is 3.18. The van der Waals surface area contributed by atoms with Crippen LogP contribution >= 0.6 is 0 Å². The van der Waals surface area contributed by atoms with E-state index in [4.69, 9.17) is 15.0 Å². The molecule has 2 N–H and O–H groups in total. The van der Waals surface area contributed by atoms with Crippen LogP contribution in [0, 0.1) is 0 Å². The Bertz CT molecular complexity index is 603. The molecule has 1 aromatic heterocycles. The first kappa shape index (κ1) is 14.2.